The molecule has 0 heterocycles. The molecule has 0 fully saturated rings. The van der Waals surface area contributed by atoms with Gasteiger partial charge in [-0.25, -0.2) is 0 Å². The molecule has 0 radical (unpaired) electrons. The number of hydrogen-bond donors (Lipinski definition) is 1. The van der Waals surface area contributed by atoms with Gasteiger partial charge in [-0.3, -0.25) is 14.9 Å². The molecule has 0 unspecified atom stereocenters. The van der Waals surface area contributed by atoms with E-state index in [1.165, 1.54) is 12.1 Å². The molecule has 19 heavy (non-hydrogen) atoms. The molecule has 0 saturated heterocycles. The first-order valence-electron chi connectivity index (χ1n) is 5.38. The highest BCUT2D eigenvalue weighted by Gasteiger charge is 2.16. The molecule has 0 amide bonds. The van der Waals surface area contributed by atoms with Gasteiger partial charge in [-0.2, -0.15) is 0 Å². The van der Waals surface area contributed by atoms with Crippen molar-refractivity contribution in [2.75, 3.05) is 5.32 Å². The summed E-state index contributed by atoms with van der Waals surface area (Å²) in [5.74, 6) is 0. The Kier molecular flexibility index (Phi) is 3.77. The van der Waals surface area contributed by atoms with Crippen LogP contribution in [0.2, 0.25) is 0 Å². The summed E-state index contributed by atoms with van der Waals surface area (Å²) in [6, 6.07) is 13.1. The lowest BCUT2D eigenvalue weighted by Crippen LogP contribution is -1.99. The van der Waals surface area contributed by atoms with Crippen LogP contribution in [0, 0.1) is 10.1 Å². The first-order chi connectivity index (χ1) is 9.08. The Bertz CT molecular complexity index is 629. The van der Waals surface area contributed by atoms with Crippen molar-refractivity contribution in [2.45, 2.75) is 0 Å². The second-order valence-corrected chi connectivity index (χ2v) is 4.10. The lowest BCUT2D eigenvalue weighted by molar-refractivity contribution is -0.383. The molecule has 0 saturated carbocycles. The Morgan fingerprint density at radius 2 is 1.84 bits per heavy atom. The van der Waals surface area contributed by atoms with Crippen molar-refractivity contribution >= 4 is 33.9 Å². The number of nitrogens with one attached hydrogen (secondary N) is 1. The van der Waals surface area contributed by atoms with Crippen LogP contribution in [0.3, 0.4) is 0 Å². The molecule has 2 aromatic rings. The summed E-state index contributed by atoms with van der Waals surface area (Å²) in [6.45, 7) is 0. The van der Waals surface area contributed by atoms with Crippen molar-refractivity contribution < 1.29 is 9.72 Å². The first-order valence-corrected chi connectivity index (χ1v) is 5.76. The molecular weight excluding hydrogens is 268 g/mol. The fourth-order valence-corrected chi connectivity index (χ4v) is 1.71. The molecule has 0 aliphatic carbocycles. The van der Waals surface area contributed by atoms with Crippen LogP contribution in [0.4, 0.5) is 17.1 Å². The van der Waals surface area contributed by atoms with E-state index in [2.05, 4.69) is 5.32 Å². The Morgan fingerprint density at radius 3 is 2.42 bits per heavy atom. The maximum atomic E-state index is 11.0. The minimum absolute atomic E-state index is 0.0898. The zero-order chi connectivity index (χ0) is 13.8. The summed E-state index contributed by atoms with van der Waals surface area (Å²) < 4.78 is 0. The number of para-hydroxylation sites is 1. The minimum atomic E-state index is -0.727. The maximum absolute atomic E-state index is 11.0. The molecular formula is C13H9ClN2O3. The molecule has 0 aliphatic heterocycles. The summed E-state index contributed by atoms with van der Waals surface area (Å²) in [5.41, 5.74) is 0.913. The molecule has 5 nitrogen and oxygen atoms in total. The predicted molar refractivity (Wildman–Crippen MR) is 73.0 cm³/mol. The lowest BCUT2D eigenvalue weighted by Gasteiger charge is -2.07. The highest BCUT2D eigenvalue weighted by Crippen LogP contribution is 2.29. The molecule has 2 aromatic carbocycles. The van der Waals surface area contributed by atoms with E-state index in [1.807, 2.05) is 18.2 Å². The van der Waals surface area contributed by atoms with Crippen LogP contribution in [0.15, 0.2) is 48.5 Å². The van der Waals surface area contributed by atoms with Crippen LogP contribution in [-0.2, 0) is 0 Å². The Labute approximate surface area is 114 Å². The normalized spacial score (nSPS) is 9.95. The first kappa shape index (κ1) is 13.0. The quantitative estimate of drug-likeness (QED) is 0.525. The van der Waals surface area contributed by atoms with E-state index in [9.17, 15) is 14.9 Å². The molecule has 2 rings (SSSR count). The van der Waals surface area contributed by atoms with Gasteiger partial charge in [-0.1, -0.05) is 18.2 Å². The Morgan fingerprint density at radius 1 is 1.16 bits per heavy atom. The van der Waals surface area contributed by atoms with Crippen LogP contribution in [0.1, 0.15) is 10.4 Å². The average Bonchev–Trinajstić information content (AvgIpc) is 2.39. The van der Waals surface area contributed by atoms with Crippen LogP contribution in [0.25, 0.3) is 0 Å². The predicted octanol–water partition coefficient (Wildman–Crippen LogP) is 3.72. The number of nitro groups is 1. The molecule has 0 atom stereocenters. The monoisotopic (exact) mass is 276 g/mol. The number of nitro benzene ring substituents is 1. The van der Waals surface area contributed by atoms with E-state index in [1.54, 1.807) is 12.1 Å². The van der Waals surface area contributed by atoms with Gasteiger partial charge in [0, 0.05) is 17.3 Å². The molecule has 0 aliphatic rings. The highest BCUT2D eigenvalue weighted by molar-refractivity contribution is 6.67. The SMILES string of the molecule is O=C(Cl)c1ccc(Nc2ccccc2)c([N+](=O)[O-])c1. The van der Waals surface area contributed by atoms with Gasteiger partial charge >= 0.3 is 0 Å². The fraction of sp³-hybridized carbons (Fsp3) is 0. The van der Waals surface area contributed by atoms with Crippen molar-refractivity contribution in [3.8, 4) is 0 Å². The molecule has 1 N–H and O–H groups in total. The van der Waals surface area contributed by atoms with Crippen molar-refractivity contribution in [1.29, 1.82) is 0 Å². The minimum Gasteiger partial charge on any atom is -0.350 e. The summed E-state index contributed by atoms with van der Waals surface area (Å²) in [6.07, 6.45) is 0. The van der Waals surface area contributed by atoms with Gasteiger partial charge in [-0.15, -0.1) is 0 Å². The van der Waals surface area contributed by atoms with E-state index >= 15 is 0 Å². The molecule has 0 bridgehead atoms. The van der Waals surface area contributed by atoms with Crippen LogP contribution >= 0.6 is 11.6 Å². The third kappa shape index (κ3) is 3.08. The van der Waals surface area contributed by atoms with E-state index in [0.29, 0.717) is 5.69 Å². The number of hydrogen-bond acceptors (Lipinski definition) is 4. The average molecular weight is 277 g/mol. The second kappa shape index (κ2) is 5.49. The molecule has 6 heteroatoms. The third-order valence-corrected chi connectivity index (χ3v) is 2.69. The van der Waals surface area contributed by atoms with Crippen molar-refractivity contribution in [1.82, 2.24) is 0 Å². The van der Waals surface area contributed by atoms with Gasteiger partial charge in [0.15, 0.2) is 0 Å². The van der Waals surface area contributed by atoms with Crippen LogP contribution in [-0.4, -0.2) is 10.2 Å². The molecule has 96 valence electrons. The van der Waals surface area contributed by atoms with Gasteiger partial charge in [-0.05, 0) is 35.9 Å². The number of halogens is 1. The zero-order valence-corrected chi connectivity index (χ0v) is 10.4. The fourth-order valence-electron chi connectivity index (χ4n) is 1.59. The smallest absolute Gasteiger partial charge is 0.293 e. The Balaban J connectivity index is 2.40. The van der Waals surface area contributed by atoms with Crippen LogP contribution in [0.5, 0.6) is 0 Å². The number of carbonyl (C=O) groups excluding carboxylic acids is 1. The lowest BCUT2D eigenvalue weighted by atomic mass is 10.2. The summed E-state index contributed by atoms with van der Waals surface area (Å²) >= 11 is 5.31. The summed E-state index contributed by atoms with van der Waals surface area (Å²) in [4.78, 5) is 21.4. The van der Waals surface area contributed by atoms with Gasteiger partial charge in [0.2, 0.25) is 0 Å². The third-order valence-electron chi connectivity index (χ3n) is 2.47. The largest absolute Gasteiger partial charge is 0.350 e. The second-order valence-electron chi connectivity index (χ2n) is 3.75. The highest BCUT2D eigenvalue weighted by atomic mass is 35.5. The van der Waals surface area contributed by atoms with E-state index in [4.69, 9.17) is 11.6 Å². The number of anilines is 2. The van der Waals surface area contributed by atoms with Crippen molar-refractivity contribution in [2.24, 2.45) is 0 Å². The Hall–Kier alpha value is -2.40. The number of carbonyl (C=O) groups is 1. The molecule has 0 aromatic heterocycles. The molecule has 0 spiro atoms. The topological polar surface area (TPSA) is 72.2 Å². The van der Waals surface area contributed by atoms with E-state index in [0.717, 1.165) is 11.8 Å². The number of nitrogens with zero attached hydrogens (tertiary/aromatic N) is 1. The summed E-state index contributed by atoms with van der Waals surface area (Å²) in [5, 5.41) is 13.2. The van der Waals surface area contributed by atoms with E-state index < -0.39 is 10.2 Å². The number of rotatable bonds is 4. The maximum Gasteiger partial charge on any atom is 0.293 e. The van der Waals surface area contributed by atoms with Crippen molar-refractivity contribution in [3.05, 3.63) is 64.2 Å². The van der Waals surface area contributed by atoms with Crippen molar-refractivity contribution in [3.63, 3.8) is 0 Å². The summed E-state index contributed by atoms with van der Waals surface area (Å²) in [7, 11) is 0. The van der Waals surface area contributed by atoms with Crippen LogP contribution < -0.4 is 5.32 Å². The van der Waals surface area contributed by atoms with Gasteiger partial charge in [0.25, 0.3) is 10.9 Å². The van der Waals surface area contributed by atoms with Gasteiger partial charge in [0.05, 0.1) is 4.92 Å². The zero-order valence-electron chi connectivity index (χ0n) is 9.67. The standard InChI is InChI=1S/C13H9ClN2O3/c14-13(17)9-6-7-11(12(8-9)16(18)19)15-10-4-2-1-3-5-10/h1-8,15H. The van der Waals surface area contributed by atoms with E-state index in [-0.39, 0.29) is 11.3 Å². The van der Waals surface area contributed by atoms with Gasteiger partial charge in [0.1, 0.15) is 5.69 Å². The number of benzene rings is 2. The van der Waals surface area contributed by atoms with Gasteiger partial charge < -0.3 is 5.32 Å².